The summed E-state index contributed by atoms with van der Waals surface area (Å²) in [5, 5.41) is 5.18. The summed E-state index contributed by atoms with van der Waals surface area (Å²) < 4.78 is 16.0. The fraction of sp³-hybridized carbons (Fsp3) is 0.778. The smallest absolute Gasteiger partial charge is 0.408 e. The van der Waals surface area contributed by atoms with Gasteiger partial charge in [-0.2, -0.15) is 11.8 Å². The van der Waals surface area contributed by atoms with Crippen LogP contribution >= 0.6 is 11.8 Å². The fourth-order valence-corrected chi connectivity index (χ4v) is 7.10. The molecule has 0 bridgehead atoms. The van der Waals surface area contributed by atoms with Crippen molar-refractivity contribution in [2.45, 2.75) is 97.4 Å². The third-order valence-electron chi connectivity index (χ3n) is 7.66. The van der Waals surface area contributed by atoms with Gasteiger partial charge in [0.1, 0.15) is 23.8 Å². The molecule has 1 saturated heterocycles. The lowest BCUT2D eigenvalue weighted by Gasteiger charge is -2.46. The largest absolute Gasteiger partial charge is 0.467 e. The van der Waals surface area contributed by atoms with E-state index >= 15 is 0 Å². The molecule has 0 unspecified atom stereocenters. The molecule has 208 valence electrons. The Bertz CT molecular complexity index is 944. The molecule has 0 aromatic rings. The lowest BCUT2D eigenvalue weighted by Crippen LogP contribution is -2.53. The minimum absolute atomic E-state index is 0.114. The minimum Gasteiger partial charge on any atom is -0.467 e. The Labute approximate surface area is 224 Å². The molecule has 2 fully saturated rings. The molecule has 3 rings (SSSR count). The topological polar surface area (TPSA) is 120 Å². The zero-order valence-corrected chi connectivity index (χ0v) is 23.9. The van der Waals surface area contributed by atoms with Crippen LogP contribution in [0.4, 0.5) is 4.79 Å². The zero-order valence-electron chi connectivity index (χ0n) is 23.1. The maximum absolute atomic E-state index is 12.9. The molecule has 3 aliphatic rings. The summed E-state index contributed by atoms with van der Waals surface area (Å²) in [6.45, 7) is 11.2. The van der Waals surface area contributed by atoms with E-state index in [9.17, 15) is 19.2 Å². The van der Waals surface area contributed by atoms with E-state index in [1.165, 1.54) is 43.4 Å². The Hall–Kier alpha value is -2.23. The van der Waals surface area contributed by atoms with Gasteiger partial charge in [0.2, 0.25) is 5.91 Å². The van der Waals surface area contributed by atoms with Crippen molar-refractivity contribution in [3.8, 4) is 0 Å². The SMILES string of the molecule is COC(=O)[C@H](C)NC(=O)[C@@H](CSC[C@@H]1C(=O)O[C@H]2C3=C(C)CCC[C@]3(C)CC[C@@H]12)NC(=O)OC(C)(C)C. The average molecular weight is 539 g/mol. The molecule has 1 heterocycles. The predicted octanol–water partition coefficient (Wildman–Crippen LogP) is 3.75. The number of methoxy groups -OCH3 is 1. The molecule has 9 nitrogen and oxygen atoms in total. The van der Waals surface area contributed by atoms with E-state index in [0.29, 0.717) is 5.75 Å². The van der Waals surface area contributed by atoms with E-state index in [4.69, 9.17) is 9.47 Å². The molecule has 1 aliphatic heterocycles. The number of carbonyl (C=O) groups excluding carboxylic acids is 4. The summed E-state index contributed by atoms with van der Waals surface area (Å²) >= 11 is 1.41. The fourth-order valence-electron chi connectivity index (χ4n) is 5.86. The van der Waals surface area contributed by atoms with E-state index < -0.39 is 35.7 Å². The number of ether oxygens (including phenoxy) is 3. The van der Waals surface area contributed by atoms with E-state index in [1.54, 1.807) is 20.8 Å². The Morgan fingerprint density at radius 2 is 1.92 bits per heavy atom. The summed E-state index contributed by atoms with van der Waals surface area (Å²) in [6, 6.07) is -1.84. The number of amides is 2. The number of esters is 2. The Balaban J connectivity index is 1.66. The van der Waals surface area contributed by atoms with Crippen LogP contribution in [0.3, 0.4) is 0 Å². The monoisotopic (exact) mass is 538 g/mol. The summed E-state index contributed by atoms with van der Waals surface area (Å²) in [6.07, 6.45) is 4.47. The van der Waals surface area contributed by atoms with Crippen molar-refractivity contribution in [1.29, 1.82) is 0 Å². The van der Waals surface area contributed by atoms with Gasteiger partial charge in [0, 0.05) is 17.4 Å². The van der Waals surface area contributed by atoms with Gasteiger partial charge in [0.25, 0.3) is 0 Å². The van der Waals surface area contributed by atoms with Gasteiger partial charge in [-0.25, -0.2) is 9.59 Å². The van der Waals surface area contributed by atoms with Crippen LogP contribution in [0.25, 0.3) is 0 Å². The predicted molar refractivity (Wildman–Crippen MR) is 141 cm³/mol. The quantitative estimate of drug-likeness (QED) is 0.272. The number of alkyl carbamates (subject to hydrolysis) is 1. The van der Waals surface area contributed by atoms with Gasteiger partial charge in [-0.05, 0) is 77.7 Å². The number of allylic oxidation sites excluding steroid dienone is 1. The van der Waals surface area contributed by atoms with Crippen molar-refractivity contribution in [3.63, 3.8) is 0 Å². The molecule has 2 aliphatic carbocycles. The van der Waals surface area contributed by atoms with Gasteiger partial charge < -0.3 is 24.8 Å². The molecule has 0 aromatic carbocycles. The standard InChI is InChI=1S/C27H42N2O7S/c1-15-9-8-11-27(6)12-10-17-18(24(32)35-21(17)20(15)27)13-37-14-19(29-25(33)36-26(3,4)5)22(30)28-16(2)23(31)34-7/h16-19,21H,8-14H2,1-7H3,(H,28,30)(H,29,33)/t16-,17-,18-,19+,21+,27+/m0/s1. The van der Waals surface area contributed by atoms with Gasteiger partial charge in [0.15, 0.2) is 0 Å². The van der Waals surface area contributed by atoms with Crippen LogP contribution in [0.2, 0.25) is 0 Å². The molecule has 6 atom stereocenters. The lowest BCUT2D eigenvalue weighted by atomic mass is 9.59. The van der Waals surface area contributed by atoms with Gasteiger partial charge >= 0.3 is 18.0 Å². The maximum Gasteiger partial charge on any atom is 0.408 e. The van der Waals surface area contributed by atoms with E-state index in [-0.39, 0.29) is 35.1 Å². The summed E-state index contributed by atoms with van der Waals surface area (Å²) in [5.41, 5.74) is 2.07. The van der Waals surface area contributed by atoms with E-state index in [2.05, 4.69) is 29.2 Å². The van der Waals surface area contributed by atoms with Crippen molar-refractivity contribution in [3.05, 3.63) is 11.1 Å². The van der Waals surface area contributed by atoms with E-state index in [0.717, 1.165) is 25.7 Å². The molecular formula is C27H42N2O7S. The average Bonchev–Trinajstić information content (AvgIpc) is 3.10. The van der Waals surface area contributed by atoms with Crippen molar-refractivity contribution in [2.24, 2.45) is 17.3 Å². The van der Waals surface area contributed by atoms with Gasteiger partial charge in [0.05, 0.1) is 13.0 Å². The van der Waals surface area contributed by atoms with Crippen LogP contribution in [0.5, 0.6) is 0 Å². The molecule has 0 aromatic heterocycles. The first kappa shape index (κ1) is 29.3. The van der Waals surface area contributed by atoms with Crippen molar-refractivity contribution in [1.82, 2.24) is 10.6 Å². The molecular weight excluding hydrogens is 496 g/mol. The summed E-state index contributed by atoms with van der Waals surface area (Å²) in [7, 11) is 1.24. The highest BCUT2D eigenvalue weighted by molar-refractivity contribution is 7.99. The number of hydrogen-bond acceptors (Lipinski definition) is 8. The number of hydrogen-bond donors (Lipinski definition) is 2. The maximum atomic E-state index is 12.9. The molecule has 1 saturated carbocycles. The molecule has 0 spiro atoms. The third kappa shape index (κ3) is 7.00. The zero-order chi connectivity index (χ0) is 27.5. The van der Waals surface area contributed by atoms with Gasteiger partial charge in [-0.1, -0.05) is 12.5 Å². The van der Waals surface area contributed by atoms with Gasteiger partial charge in [-0.15, -0.1) is 0 Å². The minimum atomic E-state index is -0.960. The highest BCUT2D eigenvalue weighted by Gasteiger charge is 2.54. The van der Waals surface area contributed by atoms with Crippen molar-refractivity contribution >= 4 is 35.7 Å². The second kappa shape index (κ2) is 11.7. The van der Waals surface area contributed by atoms with Crippen LogP contribution in [0.1, 0.15) is 73.6 Å². The second-order valence-electron chi connectivity index (χ2n) is 11.8. The molecule has 2 N–H and O–H groups in total. The lowest BCUT2D eigenvalue weighted by molar-refractivity contribution is -0.144. The van der Waals surface area contributed by atoms with Crippen LogP contribution in [-0.2, 0) is 28.6 Å². The number of nitrogens with one attached hydrogen (secondary N) is 2. The summed E-state index contributed by atoms with van der Waals surface area (Å²) in [5.74, 6) is -0.747. The first-order chi connectivity index (χ1) is 17.3. The number of rotatable bonds is 8. The van der Waals surface area contributed by atoms with Crippen LogP contribution in [-0.4, -0.2) is 66.3 Å². The van der Waals surface area contributed by atoms with Gasteiger partial charge in [-0.3, -0.25) is 9.59 Å². The van der Waals surface area contributed by atoms with E-state index in [1.807, 2.05) is 0 Å². The number of carbonyl (C=O) groups is 4. The van der Waals surface area contributed by atoms with Crippen molar-refractivity contribution in [2.75, 3.05) is 18.6 Å². The Kier molecular flexibility index (Phi) is 9.24. The third-order valence-corrected chi connectivity index (χ3v) is 8.82. The summed E-state index contributed by atoms with van der Waals surface area (Å²) in [4.78, 5) is 50.1. The first-order valence-electron chi connectivity index (χ1n) is 13.1. The van der Waals surface area contributed by atoms with Crippen LogP contribution in [0, 0.1) is 17.3 Å². The molecule has 0 radical (unpaired) electrons. The normalized spacial score (nSPS) is 28.8. The Morgan fingerprint density at radius 1 is 1.22 bits per heavy atom. The Morgan fingerprint density at radius 3 is 2.57 bits per heavy atom. The second-order valence-corrected chi connectivity index (χ2v) is 12.8. The van der Waals surface area contributed by atoms with Crippen LogP contribution < -0.4 is 10.6 Å². The van der Waals surface area contributed by atoms with Crippen molar-refractivity contribution < 1.29 is 33.4 Å². The molecule has 37 heavy (non-hydrogen) atoms. The van der Waals surface area contributed by atoms with Crippen LogP contribution in [0.15, 0.2) is 11.1 Å². The highest BCUT2D eigenvalue weighted by Crippen LogP contribution is 2.55. The number of fused-ring (bicyclic) bond motifs is 3. The molecule has 10 heteroatoms. The molecule has 2 amide bonds. The number of thioether (sulfide) groups is 1. The first-order valence-corrected chi connectivity index (χ1v) is 14.3. The highest BCUT2D eigenvalue weighted by atomic mass is 32.2.